The number of hydrogen-bond acceptors (Lipinski definition) is 1. The largest absolute Gasteiger partial charge is 0.408 e. The molecule has 1 amide bonds. The monoisotopic (exact) mass is 223 g/mol. The van der Waals surface area contributed by atoms with Crippen LogP contribution in [0.4, 0.5) is 13.2 Å². The van der Waals surface area contributed by atoms with Gasteiger partial charge in [-0.1, -0.05) is 20.8 Å². The molecule has 88 valence electrons. The van der Waals surface area contributed by atoms with Crippen molar-refractivity contribution in [2.24, 2.45) is 11.3 Å². The lowest BCUT2D eigenvalue weighted by molar-refractivity contribution is -0.155. The van der Waals surface area contributed by atoms with E-state index >= 15 is 0 Å². The zero-order chi connectivity index (χ0) is 11.9. The summed E-state index contributed by atoms with van der Waals surface area (Å²) in [6.45, 7) is 5.75. The van der Waals surface area contributed by atoms with Crippen LogP contribution < -0.4 is 5.32 Å². The lowest BCUT2D eigenvalue weighted by atomic mass is 9.83. The minimum Gasteiger partial charge on any atom is -0.344 e. The van der Waals surface area contributed by atoms with Gasteiger partial charge in [-0.15, -0.1) is 0 Å². The Kier molecular flexibility index (Phi) is 3.03. The molecule has 1 saturated heterocycles. The normalized spacial score (nSPS) is 28.0. The van der Waals surface area contributed by atoms with Crippen LogP contribution in [0.25, 0.3) is 0 Å². The second-order valence-corrected chi connectivity index (χ2v) is 5.30. The molecule has 2 unspecified atom stereocenters. The average molecular weight is 223 g/mol. The predicted molar refractivity (Wildman–Crippen MR) is 50.2 cm³/mol. The molecule has 0 radical (unpaired) electrons. The van der Waals surface area contributed by atoms with Crippen molar-refractivity contribution in [2.75, 3.05) is 0 Å². The maximum atomic E-state index is 12.3. The van der Waals surface area contributed by atoms with Crippen molar-refractivity contribution in [3.8, 4) is 0 Å². The van der Waals surface area contributed by atoms with Gasteiger partial charge >= 0.3 is 6.18 Å². The van der Waals surface area contributed by atoms with Crippen molar-refractivity contribution >= 4 is 5.91 Å². The van der Waals surface area contributed by atoms with Gasteiger partial charge in [-0.3, -0.25) is 4.79 Å². The first-order valence-electron chi connectivity index (χ1n) is 4.97. The summed E-state index contributed by atoms with van der Waals surface area (Å²) >= 11 is 0. The lowest BCUT2D eigenvalue weighted by Crippen LogP contribution is -2.38. The Morgan fingerprint density at radius 3 is 2.20 bits per heavy atom. The molecule has 0 spiro atoms. The first kappa shape index (κ1) is 12.3. The molecule has 1 aliphatic heterocycles. The number of alkyl halides is 3. The van der Waals surface area contributed by atoms with Gasteiger partial charge in [0, 0.05) is 5.92 Å². The van der Waals surface area contributed by atoms with Gasteiger partial charge in [0.1, 0.15) is 6.04 Å². The zero-order valence-electron chi connectivity index (χ0n) is 9.11. The van der Waals surface area contributed by atoms with Crippen LogP contribution in [0.1, 0.15) is 33.6 Å². The highest BCUT2D eigenvalue weighted by Crippen LogP contribution is 2.35. The van der Waals surface area contributed by atoms with Gasteiger partial charge in [0.25, 0.3) is 0 Å². The second-order valence-electron chi connectivity index (χ2n) is 5.30. The fourth-order valence-corrected chi connectivity index (χ4v) is 1.87. The van der Waals surface area contributed by atoms with Gasteiger partial charge in [0.05, 0.1) is 0 Å². The van der Waals surface area contributed by atoms with Crippen molar-refractivity contribution in [3.05, 3.63) is 0 Å². The van der Waals surface area contributed by atoms with Crippen molar-refractivity contribution in [3.63, 3.8) is 0 Å². The Hall–Kier alpha value is -0.740. The van der Waals surface area contributed by atoms with E-state index in [1.807, 2.05) is 26.1 Å². The van der Waals surface area contributed by atoms with E-state index in [0.29, 0.717) is 6.42 Å². The zero-order valence-corrected chi connectivity index (χ0v) is 9.11. The summed E-state index contributed by atoms with van der Waals surface area (Å²) in [5, 5.41) is 2.00. The molecule has 2 nitrogen and oxygen atoms in total. The van der Waals surface area contributed by atoms with Gasteiger partial charge in [-0.05, 0) is 18.3 Å². The number of carbonyl (C=O) groups is 1. The van der Waals surface area contributed by atoms with Crippen molar-refractivity contribution in [1.82, 2.24) is 5.32 Å². The fourth-order valence-electron chi connectivity index (χ4n) is 1.87. The predicted octanol–water partition coefficient (Wildman–Crippen LogP) is 2.49. The van der Waals surface area contributed by atoms with Crippen LogP contribution in [-0.2, 0) is 4.79 Å². The van der Waals surface area contributed by atoms with Crippen LogP contribution in [0.3, 0.4) is 0 Å². The highest BCUT2D eigenvalue weighted by Gasteiger charge is 2.48. The van der Waals surface area contributed by atoms with E-state index in [1.165, 1.54) is 0 Å². The highest BCUT2D eigenvalue weighted by molar-refractivity contribution is 5.81. The van der Waals surface area contributed by atoms with Crippen LogP contribution in [0.2, 0.25) is 0 Å². The van der Waals surface area contributed by atoms with Crippen LogP contribution in [-0.4, -0.2) is 18.1 Å². The number of carbonyl (C=O) groups excluding carboxylic acids is 1. The summed E-state index contributed by atoms with van der Waals surface area (Å²) in [4.78, 5) is 11.3. The molecular formula is C10H16F3NO. The second kappa shape index (κ2) is 3.68. The third-order valence-electron chi connectivity index (χ3n) is 2.46. The van der Waals surface area contributed by atoms with Crippen LogP contribution in [0.15, 0.2) is 0 Å². The topological polar surface area (TPSA) is 29.1 Å². The number of rotatable bonds is 1. The van der Waals surface area contributed by atoms with E-state index in [4.69, 9.17) is 0 Å². The molecule has 15 heavy (non-hydrogen) atoms. The molecule has 1 rings (SSSR count). The van der Waals surface area contributed by atoms with Crippen molar-refractivity contribution in [2.45, 2.75) is 45.8 Å². The molecule has 1 aliphatic rings. The molecule has 5 heteroatoms. The van der Waals surface area contributed by atoms with E-state index < -0.39 is 24.0 Å². The molecule has 1 fully saturated rings. The summed E-state index contributed by atoms with van der Waals surface area (Å²) < 4.78 is 37.0. The fraction of sp³-hybridized carbons (Fsp3) is 0.900. The number of halogens is 3. The summed E-state index contributed by atoms with van der Waals surface area (Å²) in [7, 11) is 0. The van der Waals surface area contributed by atoms with Crippen molar-refractivity contribution in [1.29, 1.82) is 0 Å². The van der Waals surface area contributed by atoms with Gasteiger partial charge in [-0.25, -0.2) is 0 Å². The van der Waals surface area contributed by atoms with Gasteiger partial charge in [0.15, 0.2) is 0 Å². The maximum Gasteiger partial charge on any atom is 0.408 e. The van der Waals surface area contributed by atoms with Crippen LogP contribution in [0.5, 0.6) is 0 Å². The Bertz CT molecular complexity index is 254. The van der Waals surface area contributed by atoms with E-state index in [2.05, 4.69) is 0 Å². The standard InChI is InChI=1S/C10H16F3NO/c1-9(2,3)5-6-4-7(10(11,12)13)14-8(6)15/h6-7H,4-5H2,1-3H3,(H,14,15). The Morgan fingerprint density at radius 1 is 1.33 bits per heavy atom. The van der Waals surface area contributed by atoms with Crippen molar-refractivity contribution < 1.29 is 18.0 Å². The van der Waals surface area contributed by atoms with E-state index in [9.17, 15) is 18.0 Å². The number of hydrogen-bond donors (Lipinski definition) is 1. The van der Waals surface area contributed by atoms with Gasteiger partial charge in [0.2, 0.25) is 5.91 Å². The summed E-state index contributed by atoms with van der Waals surface area (Å²) in [6.07, 6.45) is -3.95. The third-order valence-corrected chi connectivity index (χ3v) is 2.46. The maximum absolute atomic E-state index is 12.3. The number of amides is 1. The highest BCUT2D eigenvalue weighted by atomic mass is 19.4. The molecule has 0 bridgehead atoms. The molecular weight excluding hydrogens is 207 g/mol. The average Bonchev–Trinajstić information content (AvgIpc) is 2.27. The lowest BCUT2D eigenvalue weighted by Gasteiger charge is -2.21. The van der Waals surface area contributed by atoms with Gasteiger partial charge in [-0.2, -0.15) is 13.2 Å². The Morgan fingerprint density at radius 2 is 1.87 bits per heavy atom. The summed E-state index contributed by atoms with van der Waals surface area (Å²) in [5.41, 5.74) is -0.123. The first-order chi connectivity index (χ1) is 6.59. The molecule has 1 heterocycles. The van der Waals surface area contributed by atoms with Gasteiger partial charge < -0.3 is 5.32 Å². The van der Waals surface area contributed by atoms with Crippen LogP contribution >= 0.6 is 0 Å². The molecule has 0 saturated carbocycles. The number of nitrogens with one attached hydrogen (secondary N) is 1. The summed E-state index contributed by atoms with van der Waals surface area (Å²) in [5.74, 6) is -0.969. The first-order valence-corrected chi connectivity index (χ1v) is 4.97. The molecule has 0 aromatic carbocycles. The summed E-state index contributed by atoms with van der Waals surface area (Å²) in [6, 6.07) is -1.66. The quantitative estimate of drug-likeness (QED) is 0.727. The third kappa shape index (κ3) is 3.39. The van der Waals surface area contributed by atoms with E-state index in [-0.39, 0.29) is 11.8 Å². The van der Waals surface area contributed by atoms with E-state index in [0.717, 1.165) is 0 Å². The van der Waals surface area contributed by atoms with Crippen LogP contribution in [0, 0.1) is 11.3 Å². The minimum absolute atomic E-state index is 0.123. The SMILES string of the molecule is CC(C)(C)CC1CC(C(F)(F)F)NC1=O. The smallest absolute Gasteiger partial charge is 0.344 e. The molecule has 1 N–H and O–H groups in total. The molecule has 0 aromatic rings. The van der Waals surface area contributed by atoms with E-state index in [1.54, 1.807) is 0 Å². The Labute approximate surface area is 87.2 Å². The molecule has 0 aromatic heterocycles. The molecule has 0 aliphatic carbocycles. The minimum atomic E-state index is -4.32. The Balaban J connectivity index is 2.62. The molecule has 2 atom stereocenters.